The molecular formula is C19H18ClN3O5S. The van der Waals surface area contributed by atoms with Crippen LogP contribution in [0.2, 0.25) is 5.02 Å². The molecule has 152 valence electrons. The second-order valence-electron chi connectivity index (χ2n) is 6.26. The van der Waals surface area contributed by atoms with Gasteiger partial charge in [-0.25, -0.2) is 0 Å². The second-order valence-corrected chi connectivity index (χ2v) is 7.08. The molecule has 0 saturated carbocycles. The molecule has 1 aliphatic heterocycles. The number of benzene rings is 1. The number of hydrogen-bond acceptors (Lipinski definition) is 6. The van der Waals surface area contributed by atoms with Gasteiger partial charge in [-0.15, -0.1) is 0 Å². The van der Waals surface area contributed by atoms with Gasteiger partial charge in [0, 0.05) is 23.7 Å². The predicted octanol–water partition coefficient (Wildman–Crippen LogP) is 4.28. The van der Waals surface area contributed by atoms with Gasteiger partial charge in [-0.2, -0.15) is 0 Å². The topological polar surface area (TPSA) is 97.9 Å². The zero-order chi connectivity index (χ0) is 21.0. The fourth-order valence-corrected chi connectivity index (χ4v) is 3.14. The number of nitro benzene ring substituents is 1. The molecule has 8 nitrogen and oxygen atoms in total. The maximum Gasteiger partial charge on any atom is 0.312 e. The van der Waals surface area contributed by atoms with Crippen LogP contribution in [0, 0.1) is 10.1 Å². The summed E-state index contributed by atoms with van der Waals surface area (Å²) < 4.78 is 11.1. The molecule has 0 spiro atoms. The summed E-state index contributed by atoms with van der Waals surface area (Å²) in [5, 5.41) is 14.6. The van der Waals surface area contributed by atoms with E-state index < -0.39 is 4.92 Å². The lowest BCUT2D eigenvalue weighted by Gasteiger charge is -2.12. The van der Waals surface area contributed by atoms with E-state index in [-0.39, 0.29) is 29.0 Å². The summed E-state index contributed by atoms with van der Waals surface area (Å²) in [6.07, 6.45) is 3.38. The number of ether oxygens (including phenoxy) is 1. The Bertz CT molecular complexity index is 988. The smallest absolute Gasteiger partial charge is 0.312 e. The first kappa shape index (κ1) is 20.8. The molecule has 1 aromatic heterocycles. The van der Waals surface area contributed by atoms with E-state index in [0.29, 0.717) is 28.9 Å². The number of halogens is 1. The largest absolute Gasteiger partial charge is 0.479 e. The normalized spacial score (nSPS) is 15.1. The molecule has 1 fully saturated rings. The average Bonchev–Trinajstić information content (AvgIpc) is 3.23. The first-order valence-electron chi connectivity index (χ1n) is 8.89. The van der Waals surface area contributed by atoms with Crippen LogP contribution < -0.4 is 10.1 Å². The number of unbranched alkanes of at least 4 members (excludes halogenated alkanes) is 1. The maximum atomic E-state index is 12.4. The molecule has 0 unspecified atom stereocenters. The molecular weight excluding hydrogens is 418 g/mol. The number of hydrogen-bond donors (Lipinski definition) is 1. The third kappa shape index (κ3) is 4.93. The zero-order valence-corrected chi connectivity index (χ0v) is 17.1. The molecule has 0 bridgehead atoms. The molecule has 1 saturated heterocycles. The highest BCUT2D eigenvalue weighted by atomic mass is 35.5. The lowest BCUT2D eigenvalue weighted by molar-refractivity contribution is -0.385. The van der Waals surface area contributed by atoms with E-state index in [1.807, 2.05) is 6.92 Å². The zero-order valence-electron chi connectivity index (χ0n) is 15.5. The number of nitrogens with zero attached hydrogens (tertiary/aromatic N) is 2. The Morgan fingerprint density at radius 3 is 2.90 bits per heavy atom. The summed E-state index contributed by atoms with van der Waals surface area (Å²) in [6.45, 7) is 2.59. The Labute approximate surface area is 177 Å². The Balaban J connectivity index is 1.68. The van der Waals surface area contributed by atoms with Gasteiger partial charge in [0.05, 0.1) is 4.92 Å². The lowest BCUT2D eigenvalue weighted by atomic mass is 10.3. The third-order valence-electron chi connectivity index (χ3n) is 4.15. The summed E-state index contributed by atoms with van der Waals surface area (Å²) in [6, 6.07) is 7.50. The Morgan fingerprint density at radius 2 is 2.17 bits per heavy atom. The SMILES string of the molecule is CCCCN1C(=O)/C(=C\c2ccc(COc3ccc(Cl)cc3[N+](=O)[O-])o2)NC1=S. The van der Waals surface area contributed by atoms with Gasteiger partial charge in [0.25, 0.3) is 5.91 Å². The number of carbonyl (C=O) groups is 1. The summed E-state index contributed by atoms with van der Waals surface area (Å²) >= 11 is 11.0. The first-order valence-corrected chi connectivity index (χ1v) is 9.67. The minimum atomic E-state index is -0.566. The minimum Gasteiger partial charge on any atom is -0.479 e. The van der Waals surface area contributed by atoms with Crippen LogP contribution in [-0.4, -0.2) is 27.4 Å². The van der Waals surface area contributed by atoms with Crippen molar-refractivity contribution in [2.75, 3.05) is 6.54 Å². The summed E-state index contributed by atoms with van der Waals surface area (Å²) in [4.78, 5) is 24.5. The van der Waals surface area contributed by atoms with Crippen LogP contribution in [0.1, 0.15) is 31.3 Å². The third-order valence-corrected chi connectivity index (χ3v) is 4.71. The second kappa shape index (κ2) is 9.06. The van der Waals surface area contributed by atoms with Gasteiger partial charge in [-0.3, -0.25) is 19.8 Å². The molecule has 0 aliphatic carbocycles. The van der Waals surface area contributed by atoms with Gasteiger partial charge in [-0.05, 0) is 42.9 Å². The summed E-state index contributed by atoms with van der Waals surface area (Å²) in [5.41, 5.74) is 0.106. The standard InChI is InChI=1S/C19H18ClN3O5S/c1-2-3-8-22-18(24)15(21-19(22)29)10-13-5-6-14(28-13)11-27-17-7-4-12(20)9-16(17)23(25)26/h4-7,9-10H,2-3,8,11H2,1H3,(H,21,29)/b15-10+. The van der Waals surface area contributed by atoms with E-state index in [2.05, 4.69) is 5.32 Å². The summed E-state index contributed by atoms with van der Waals surface area (Å²) in [5.74, 6) is 0.761. The molecule has 10 heteroatoms. The van der Waals surface area contributed by atoms with E-state index >= 15 is 0 Å². The summed E-state index contributed by atoms with van der Waals surface area (Å²) in [7, 11) is 0. The maximum absolute atomic E-state index is 12.4. The molecule has 29 heavy (non-hydrogen) atoms. The van der Waals surface area contributed by atoms with Gasteiger partial charge in [0.2, 0.25) is 0 Å². The van der Waals surface area contributed by atoms with Crippen molar-refractivity contribution >= 4 is 46.6 Å². The molecule has 0 radical (unpaired) electrons. The molecule has 3 rings (SSSR count). The molecule has 2 aromatic rings. The van der Waals surface area contributed by atoms with Crippen LogP contribution in [0.15, 0.2) is 40.4 Å². The fourth-order valence-electron chi connectivity index (χ4n) is 2.69. The van der Waals surface area contributed by atoms with E-state index in [1.165, 1.54) is 23.1 Å². The van der Waals surface area contributed by atoms with Crippen molar-refractivity contribution < 1.29 is 18.9 Å². The van der Waals surface area contributed by atoms with E-state index in [9.17, 15) is 14.9 Å². The number of nitro groups is 1. The molecule has 1 aromatic carbocycles. The monoisotopic (exact) mass is 435 g/mol. The average molecular weight is 436 g/mol. The van der Waals surface area contributed by atoms with Crippen molar-refractivity contribution in [2.24, 2.45) is 0 Å². The molecule has 1 N–H and O–H groups in total. The van der Waals surface area contributed by atoms with Crippen LogP contribution in [0.25, 0.3) is 6.08 Å². The molecule has 0 atom stereocenters. The predicted molar refractivity (Wildman–Crippen MR) is 111 cm³/mol. The van der Waals surface area contributed by atoms with Crippen LogP contribution >= 0.6 is 23.8 Å². The number of carbonyl (C=O) groups excluding carboxylic acids is 1. The van der Waals surface area contributed by atoms with Crippen molar-refractivity contribution in [2.45, 2.75) is 26.4 Å². The number of amides is 1. The van der Waals surface area contributed by atoms with Crippen molar-refractivity contribution in [3.8, 4) is 5.75 Å². The van der Waals surface area contributed by atoms with Crippen molar-refractivity contribution in [1.29, 1.82) is 0 Å². The van der Waals surface area contributed by atoms with Crippen LogP contribution in [0.3, 0.4) is 0 Å². The molecule has 1 aliphatic rings. The Morgan fingerprint density at radius 1 is 1.38 bits per heavy atom. The number of thiocarbonyl (C=S) groups is 1. The van der Waals surface area contributed by atoms with Gasteiger partial charge in [-0.1, -0.05) is 24.9 Å². The number of nitrogens with one attached hydrogen (secondary N) is 1. The lowest BCUT2D eigenvalue weighted by Crippen LogP contribution is -2.31. The van der Waals surface area contributed by atoms with Crippen LogP contribution in [0.4, 0.5) is 5.69 Å². The van der Waals surface area contributed by atoms with Crippen molar-refractivity contribution in [1.82, 2.24) is 10.2 Å². The highest BCUT2D eigenvalue weighted by Gasteiger charge is 2.30. The number of rotatable bonds is 8. The van der Waals surface area contributed by atoms with Gasteiger partial charge in [0.1, 0.15) is 23.8 Å². The Kier molecular flexibility index (Phi) is 6.50. The fraction of sp³-hybridized carbons (Fsp3) is 0.263. The van der Waals surface area contributed by atoms with E-state index in [0.717, 1.165) is 12.8 Å². The highest BCUT2D eigenvalue weighted by Crippen LogP contribution is 2.30. The highest BCUT2D eigenvalue weighted by molar-refractivity contribution is 7.80. The Hall–Kier alpha value is -2.91. The van der Waals surface area contributed by atoms with Crippen LogP contribution in [-0.2, 0) is 11.4 Å². The minimum absolute atomic E-state index is 0.0198. The molecule has 1 amide bonds. The van der Waals surface area contributed by atoms with Crippen LogP contribution in [0.5, 0.6) is 5.75 Å². The molecule has 2 heterocycles. The van der Waals surface area contributed by atoms with E-state index in [1.54, 1.807) is 18.2 Å². The van der Waals surface area contributed by atoms with Gasteiger partial charge >= 0.3 is 5.69 Å². The van der Waals surface area contributed by atoms with Crippen molar-refractivity contribution in [3.63, 3.8) is 0 Å². The van der Waals surface area contributed by atoms with Gasteiger partial charge in [0.15, 0.2) is 10.9 Å². The first-order chi connectivity index (χ1) is 13.9. The quantitative estimate of drug-likeness (QED) is 0.286. The number of furan rings is 1. The van der Waals surface area contributed by atoms with Gasteiger partial charge < -0.3 is 14.5 Å². The van der Waals surface area contributed by atoms with Crippen molar-refractivity contribution in [3.05, 3.63) is 62.7 Å². The van der Waals surface area contributed by atoms with E-state index in [4.69, 9.17) is 33.0 Å².